The normalized spacial score (nSPS) is 17.3. The van der Waals surface area contributed by atoms with E-state index in [1.165, 1.54) is 4.90 Å². The molecular weight excluding hydrogens is 292 g/mol. The average Bonchev–Trinajstić information content (AvgIpc) is 2.66. The van der Waals surface area contributed by atoms with Crippen molar-refractivity contribution in [2.75, 3.05) is 11.4 Å². The number of hydrogen-bond acceptors (Lipinski definition) is 3. The molecule has 116 valence electrons. The quantitative estimate of drug-likeness (QED) is 0.946. The number of nitrogens with zero attached hydrogens (tertiary/aromatic N) is 2. The van der Waals surface area contributed by atoms with Crippen molar-refractivity contribution in [3.63, 3.8) is 0 Å². The first-order valence-corrected chi connectivity index (χ1v) is 7.33. The lowest BCUT2D eigenvalue weighted by Gasteiger charge is -2.22. The fourth-order valence-electron chi connectivity index (χ4n) is 2.70. The van der Waals surface area contributed by atoms with Crippen LogP contribution in [0, 0.1) is 0 Å². The van der Waals surface area contributed by atoms with Crippen molar-refractivity contribution in [3.8, 4) is 0 Å². The largest absolute Gasteiger partial charge is 0.480 e. The van der Waals surface area contributed by atoms with Crippen LogP contribution in [0.15, 0.2) is 59.6 Å². The second-order valence-corrected chi connectivity index (χ2v) is 5.35. The van der Waals surface area contributed by atoms with E-state index in [0.717, 1.165) is 11.1 Å². The number of anilines is 1. The molecule has 0 aliphatic carbocycles. The van der Waals surface area contributed by atoms with Gasteiger partial charge in [-0.2, -0.15) is 0 Å². The number of hydrogen-bond donors (Lipinski definition) is 1. The molecule has 2 aromatic carbocycles. The Hall–Kier alpha value is -2.95. The molecule has 5 heteroatoms. The van der Waals surface area contributed by atoms with Gasteiger partial charge in [0, 0.05) is 11.1 Å². The molecule has 5 nitrogen and oxygen atoms in total. The molecule has 0 fully saturated rings. The van der Waals surface area contributed by atoms with Gasteiger partial charge in [0.15, 0.2) is 0 Å². The number of aliphatic carboxylic acids is 1. The topological polar surface area (TPSA) is 70.0 Å². The Kier molecular flexibility index (Phi) is 3.93. The highest BCUT2D eigenvalue weighted by molar-refractivity contribution is 6.20. The number of fused-ring (bicyclic) bond motifs is 1. The Labute approximate surface area is 133 Å². The summed E-state index contributed by atoms with van der Waals surface area (Å²) in [7, 11) is 0. The molecule has 0 radical (unpaired) electrons. The second-order valence-electron chi connectivity index (χ2n) is 5.35. The zero-order chi connectivity index (χ0) is 16.4. The maximum Gasteiger partial charge on any atom is 0.323 e. The lowest BCUT2D eigenvalue weighted by Crippen LogP contribution is -2.40. The highest BCUT2D eigenvalue weighted by atomic mass is 16.4. The number of carboxylic acid groups (broad SMARTS) is 1. The Morgan fingerprint density at radius 3 is 2.48 bits per heavy atom. The Morgan fingerprint density at radius 1 is 1.13 bits per heavy atom. The van der Waals surface area contributed by atoms with Crippen LogP contribution in [-0.2, 0) is 9.59 Å². The van der Waals surface area contributed by atoms with Gasteiger partial charge in [0.1, 0.15) is 12.6 Å². The van der Waals surface area contributed by atoms with E-state index in [4.69, 9.17) is 5.11 Å². The summed E-state index contributed by atoms with van der Waals surface area (Å²) in [4.78, 5) is 29.6. The van der Waals surface area contributed by atoms with Crippen LogP contribution in [0.25, 0.3) is 0 Å². The molecule has 0 bridgehead atoms. The van der Waals surface area contributed by atoms with Crippen LogP contribution < -0.4 is 4.90 Å². The van der Waals surface area contributed by atoms with E-state index in [2.05, 4.69) is 4.99 Å². The Balaban J connectivity index is 2.20. The van der Waals surface area contributed by atoms with Gasteiger partial charge in [-0.25, -0.2) is 0 Å². The average molecular weight is 308 g/mol. The van der Waals surface area contributed by atoms with Gasteiger partial charge in [0.05, 0.1) is 11.4 Å². The number of carbonyl (C=O) groups is 2. The SMILES string of the molecule is CC1N=C(c2ccccc2)c2ccccc2N(CC(=O)O)C1=O. The third-order valence-corrected chi connectivity index (χ3v) is 3.74. The highest BCUT2D eigenvalue weighted by Crippen LogP contribution is 2.28. The lowest BCUT2D eigenvalue weighted by atomic mass is 10.0. The number of benzodiazepines with no additional fused rings is 1. The zero-order valence-electron chi connectivity index (χ0n) is 12.6. The van der Waals surface area contributed by atoms with Crippen molar-refractivity contribution in [1.82, 2.24) is 0 Å². The number of rotatable bonds is 3. The molecular formula is C18H16N2O3. The number of carbonyl (C=O) groups excluding carboxylic acids is 1. The van der Waals surface area contributed by atoms with E-state index in [-0.39, 0.29) is 12.5 Å². The minimum Gasteiger partial charge on any atom is -0.480 e. The van der Waals surface area contributed by atoms with E-state index in [9.17, 15) is 9.59 Å². The summed E-state index contributed by atoms with van der Waals surface area (Å²) in [5.41, 5.74) is 2.94. The van der Waals surface area contributed by atoms with Gasteiger partial charge in [0.25, 0.3) is 5.91 Å². The third kappa shape index (κ3) is 2.85. The monoisotopic (exact) mass is 308 g/mol. The smallest absolute Gasteiger partial charge is 0.323 e. The zero-order valence-corrected chi connectivity index (χ0v) is 12.6. The molecule has 1 atom stereocenters. The molecule has 1 aliphatic rings. The van der Waals surface area contributed by atoms with Gasteiger partial charge in [-0.15, -0.1) is 0 Å². The summed E-state index contributed by atoms with van der Waals surface area (Å²) in [6.45, 7) is 1.31. The lowest BCUT2D eigenvalue weighted by molar-refractivity contribution is -0.136. The summed E-state index contributed by atoms with van der Waals surface area (Å²) in [5, 5.41) is 9.14. The van der Waals surface area contributed by atoms with Crippen LogP contribution in [0.4, 0.5) is 5.69 Å². The van der Waals surface area contributed by atoms with Crippen molar-refractivity contribution in [2.45, 2.75) is 13.0 Å². The summed E-state index contributed by atoms with van der Waals surface area (Å²) >= 11 is 0. The molecule has 0 aromatic heterocycles. The Bertz CT molecular complexity index is 784. The van der Waals surface area contributed by atoms with E-state index in [1.54, 1.807) is 19.1 Å². The predicted octanol–water partition coefficient (Wildman–Crippen LogP) is 2.34. The first-order valence-electron chi connectivity index (χ1n) is 7.33. The molecule has 1 amide bonds. The van der Waals surface area contributed by atoms with Crippen LogP contribution in [-0.4, -0.2) is 35.3 Å². The molecule has 1 N–H and O–H groups in total. The fraction of sp³-hybridized carbons (Fsp3) is 0.167. The summed E-state index contributed by atoms with van der Waals surface area (Å²) < 4.78 is 0. The predicted molar refractivity (Wildman–Crippen MR) is 88.0 cm³/mol. The fourth-order valence-corrected chi connectivity index (χ4v) is 2.70. The minimum atomic E-state index is -1.05. The molecule has 1 heterocycles. The highest BCUT2D eigenvalue weighted by Gasteiger charge is 2.30. The van der Waals surface area contributed by atoms with Crippen molar-refractivity contribution < 1.29 is 14.7 Å². The maximum atomic E-state index is 12.6. The van der Waals surface area contributed by atoms with Gasteiger partial charge in [-0.3, -0.25) is 19.5 Å². The summed E-state index contributed by atoms with van der Waals surface area (Å²) in [5.74, 6) is -1.37. The van der Waals surface area contributed by atoms with Crippen molar-refractivity contribution in [1.29, 1.82) is 0 Å². The van der Waals surface area contributed by atoms with Crippen molar-refractivity contribution >= 4 is 23.3 Å². The van der Waals surface area contributed by atoms with Gasteiger partial charge < -0.3 is 5.11 Å². The van der Waals surface area contributed by atoms with Gasteiger partial charge in [-0.05, 0) is 13.0 Å². The molecule has 23 heavy (non-hydrogen) atoms. The second kappa shape index (κ2) is 6.04. The van der Waals surface area contributed by atoms with E-state index >= 15 is 0 Å². The van der Waals surface area contributed by atoms with Crippen LogP contribution in [0.5, 0.6) is 0 Å². The van der Waals surface area contributed by atoms with Gasteiger partial charge in [-0.1, -0.05) is 48.5 Å². The third-order valence-electron chi connectivity index (χ3n) is 3.74. The van der Waals surface area contributed by atoms with Gasteiger partial charge >= 0.3 is 5.97 Å². The van der Waals surface area contributed by atoms with Crippen molar-refractivity contribution in [3.05, 3.63) is 65.7 Å². The number of benzene rings is 2. The van der Waals surface area contributed by atoms with Gasteiger partial charge in [0.2, 0.25) is 0 Å². The maximum absolute atomic E-state index is 12.6. The molecule has 1 unspecified atom stereocenters. The summed E-state index contributed by atoms with van der Waals surface area (Å²) in [6, 6.07) is 16.2. The van der Waals surface area contributed by atoms with Crippen LogP contribution in [0.1, 0.15) is 18.1 Å². The molecule has 0 saturated heterocycles. The van der Waals surface area contributed by atoms with Crippen molar-refractivity contribution in [2.24, 2.45) is 4.99 Å². The Morgan fingerprint density at radius 2 is 1.78 bits per heavy atom. The standard InChI is InChI=1S/C18H16N2O3/c1-12-18(23)20(11-16(21)22)15-10-6-5-9-14(15)17(19-12)13-7-3-2-4-8-13/h2-10,12H,11H2,1H3,(H,21,22). The van der Waals surface area contributed by atoms with Crippen LogP contribution in [0.3, 0.4) is 0 Å². The first kappa shape index (κ1) is 15.0. The number of amides is 1. The molecule has 0 saturated carbocycles. The molecule has 2 aromatic rings. The van der Waals surface area contributed by atoms with E-state index < -0.39 is 12.0 Å². The van der Waals surface area contributed by atoms with E-state index in [1.807, 2.05) is 42.5 Å². The first-order chi connectivity index (χ1) is 11.1. The minimum absolute atomic E-state index is 0.314. The van der Waals surface area contributed by atoms with E-state index in [0.29, 0.717) is 11.4 Å². The number of carboxylic acids is 1. The summed E-state index contributed by atoms with van der Waals surface area (Å²) in [6.07, 6.45) is 0. The number of para-hydroxylation sites is 1. The molecule has 0 spiro atoms. The molecule has 1 aliphatic heterocycles. The molecule has 3 rings (SSSR count). The van der Waals surface area contributed by atoms with Crippen LogP contribution in [0.2, 0.25) is 0 Å². The van der Waals surface area contributed by atoms with Crippen LogP contribution >= 0.6 is 0 Å². The number of aliphatic imine (C=N–C) groups is 1.